The molecule has 0 unspecified atom stereocenters. The van der Waals surface area contributed by atoms with Crippen molar-refractivity contribution in [2.24, 2.45) is 40.6 Å². The van der Waals surface area contributed by atoms with Gasteiger partial charge in [-0.1, -0.05) is 54.6 Å². The molecular weight excluding hydrogens is 424 g/mol. The Kier molecular flexibility index (Phi) is 4.28. The van der Waals surface area contributed by atoms with Crippen LogP contribution in [0.5, 0.6) is 5.75 Å². The molecule has 3 aromatic carbocycles. The van der Waals surface area contributed by atoms with Crippen molar-refractivity contribution >= 4 is 28.8 Å². The van der Waals surface area contributed by atoms with Crippen LogP contribution in [0.25, 0.3) is 10.8 Å². The fourth-order valence-electron chi connectivity index (χ4n) is 6.41. The minimum absolute atomic E-state index is 0.133. The van der Waals surface area contributed by atoms with Gasteiger partial charge in [0.05, 0.1) is 18.1 Å². The van der Waals surface area contributed by atoms with E-state index in [0.717, 1.165) is 28.3 Å². The van der Waals surface area contributed by atoms with Crippen molar-refractivity contribution in [3.05, 3.63) is 90.0 Å². The fourth-order valence-corrected chi connectivity index (χ4v) is 6.41. The van der Waals surface area contributed by atoms with Crippen molar-refractivity contribution in [1.82, 2.24) is 5.01 Å². The van der Waals surface area contributed by atoms with Crippen LogP contribution >= 0.6 is 0 Å². The van der Waals surface area contributed by atoms with Gasteiger partial charge in [-0.05, 0) is 76.3 Å². The van der Waals surface area contributed by atoms with Crippen LogP contribution in [0.4, 0.5) is 0 Å². The summed E-state index contributed by atoms with van der Waals surface area (Å²) in [5.74, 6) is 1.69. The molecule has 0 N–H and O–H groups in total. The molecule has 5 nitrogen and oxygen atoms in total. The minimum Gasteiger partial charge on any atom is -0.489 e. The largest absolute Gasteiger partial charge is 0.489 e. The van der Waals surface area contributed by atoms with Crippen molar-refractivity contribution in [2.45, 2.75) is 13.0 Å². The highest BCUT2D eigenvalue weighted by Crippen LogP contribution is 2.65. The summed E-state index contributed by atoms with van der Waals surface area (Å²) in [6.45, 7) is 0.479. The summed E-state index contributed by atoms with van der Waals surface area (Å²) in [5.41, 5.74) is 1.95. The lowest BCUT2D eigenvalue weighted by Crippen LogP contribution is -2.40. The van der Waals surface area contributed by atoms with Crippen LogP contribution in [-0.2, 0) is 16.2 Å². The second-order valence-electron chi connectivity index (χ2n) is 9.88. The molecule has 168 valence electrons. The highest BCUT2D eigenvalue weighted by Gasteiger charge is 2.67. The molecule has 1 saturated heterocycles. The van der Waals surface area contributed by atoms with E-state index in [1.165, 1.54) is 10.8 Å². The molecule has 0 aromatic heterocycles. The van der Waals surface area contributed by atoms with E-state index in [0.29, 0.717) is 18.4 Å². The van der Waals surface area contributed by atoms with Crippen LogP contribution in [-0.4, -0.2) is 23.0 Å². The Morgan fingerprint density at radius 1 is 0.853 bits per heavy atom. The van der Waals surface area contributed by atoms with E-state index in [1.54, 1.807) is 6.21 Å². The van der Waals surface area contributed by atoms with Crippen LogP contribution in [0.2, 0.25) is 0 Å². The summed E-state index contributed by atoms with van der Waals surface area (Å²) in [4.78, 5) is 26.1. The summed E-state index contributed by atoms with van der Waals surface area (Å²) in [7, 11) is 0. The lowest BCUT2D eigenvalue weighted by molar-refractivity contribution is -0.140. The van der Waals surface area contributed by atoms with Gasteiger partial charge in [-0.3, -0.25) is 9.59 Å². The molecule has 3 aromatic rings. The number of hydrogen-bond donors (Lipinski definition) is 0. The smallest absolute Gasteiger partial charge is 0.254 e. The predicted molar refractivity (Wildman–Crippen MR) is 129 cm³/mol. The highest BCUT2D eigenvalue weighted by atomic mass is 16.5. The molecule has 5 aliphatic rings. The zero-order valence-corrected chi connectivity index (χ0v) is 18.6. The molecule has 4 aliphatic carbocycles. The van der Waals surface area contributed by atoms with Gasteiger partial charge in [0.15, 0.2) is 0 Å². The van der Waals surface area contributed by atoms with Gasteiger partial charge in [0.2, 0.25) is 0 Å². The highest BCUT2D eigenvalue weighted by molar-refractivity contribution is 6.06. The number of benzene rings is 3. The van der Waals surface area contributed by atoms with Crippen LogP contribution in [0.3, 0.4) is 0 Å². The summed E-state index contributed by atoms with van der Waals surface area (Å²) >= 11 is 0. The van der Waals surface area contributed by atoms with E-state index in [1.807, 2.05) is 42.5 Å². The number of fused-ring (bicyclic) bond motifs is 1. The van der Waals surface area contributed by atoms with Gasteiger partial charge in [0.1, 0.15) is 12.4 Å². The maximum absolute atomic E-state index is 13.0. The van der Waals surface area contributed by atoms with Gasteiger partial charge in [-0.2, -0.15) is 10.1 Å². The fraction of sp³-hybridized carbons (Fsp3) is 0.276. The summed E-state index contributed by atoms with van der Waals surface area (Å²) < 4.78 is 6.01. The molecule has 6 atom stereocenters. The van der Waals surface area contributed by atoms with Crippen LogP contribution in [0.1, 0.15) is 17.5 Å². The molecule has 3 fully saturated rings. The van der Waals surface area contributed by atoms with Gasteiger partial charge in [-0.15, -0.1) is 0 Å². The number of ether oxygens (including phenoxy) is 1. The quantitative estimate of drug-likeness (QED) is 0.320. The molecule has 0 radical (unpaired) electrons. The normalized spacial score (nSPS) is 30.8. The lowest BCUT2D eigenvalue weighted by Gasteiger charge is -2.37. The second kappa shape index (κ2) is 7.39. The Labute approximate surface area is 197 Å². The number of imide groups is 1. The molecule has 2 saturated carbocycles. The lowest BCUT2D eigenvalue weighted by atomic mass is 9.63. The molecule has 8 rings (SSSR count). The monoisotopic (exact) mass is 448 g/mol. The number of nitrogens with zero attached hydrogens (tertiary/aromatic N) is 2. The summed E-state index contributed by atoms with van der Waals surface area (Å²) in [5, 5.41) is 7.82. The first kappa shape index (κ1) is 19.7. The number of hydrogen-bond acceptors (Lipinski definition) is 4. The molecule has 34 heavy (non-hydrogen) atoms. The van der Waals surface area contributed by atoms with Crippen LogP contribution in [0.15, 0.2) is 84.0 Å². The number of amides is 2. The molecule has 1 aliphatic heterocycles. The van der Waals surface area contributed by atoms with E-state index in [9.17, 15) is 9.59 Å². The van der Waals surface area contributed by atoms with E-state index >= 15 is 0 Å². The second-order valence-corrected chi connectivity index (χ2v) is 9.88. The summed E-state index contributed by atoms with van der Waals surface area (Å²) in [6.07, 6.45) is 7.11. The minimum atomic E-state index is -0.215. The molecule has 0 spiro atoms. The number of hydrazone groups is 1. The van der Waals surface area contributed by atoms with Crippen molar-refractivity contribution in [3.63, 3.8) is 0 Å². The number of allylic oxidation sites excluding steroid dienone is 2. The Morgan fingerprint density at radius 2 is 1.53 bits per heavy atom. The zero-order valence-electron chi connectivity index (χ0n) is 18.6. The van der Waals surface area contributed by atoms with Crippen molar-refractivity contribution < 1.29 is 14.3 Å². The average molecular weight is 449 g/mol. The third kappa shape index (κ3) is 2.96. The first-order valence-corrected chi connectivity index (χ1v) is 12.0. The van der Waals surface area contributed by atoms with Gasteiger partial charge in [-0.25, -0.2) is 0 Å². The van der Waals surface area contributed by atoms with E-state index < -0.39 is 0 Å². The first-order chi connectivity index (χ1) is 16.7. The van der Waals surface area contributed by atoms with Crippen LogP contribution in [0, 0.1) is 35.5 Å². The molecule has 5 heteroatoms. The van der Waals surface area contributed by atoms with E-state index in [-0.39, 0.29) is 35.5 Å². The predicted octanol–water partition coefficient (Wildman–Crippen LogP) is 4.81. The Bertz CT molecular complexity index is 1330. The van der Waals surface area contributed by atoms with Crippen LogP contribution < -0.4 is 4.74 Å². The van der Waals surface area contributed by atoms with E-state index in [4.69, 9.17) is 4.74 Å². The SMILES string of the molecule is O=C1[C@H]2[C@@H]3C=C[C@H]([C@H]4C[C@H]34)[C@@H]2C(=O)N1/N=C\c1ccc(OCc2cccc3ccccc23)cc1. The summed E-state index contributed by atoms with van der Waals surface area (Å²) in [6, 6.07) is 22.1. The van der Waals surface area contributed by atoms with Gasteiger partial charge in [0, 0.05) is 0 Å². The third-order valence-electron chi connectivity index (χ3n) is 8.12. The van der Waals surface area contributed by atoms with Gasteiger partial charge in [0.25, 0.3) is 11.8 Å². The maximum Gasteiger partial charge on any atom is 0.254 e. The topological polar surface area (TPSA) is 59.0 Å². The van der Waals surface area contributed by atoms with Crippen molar-refractivity contribution in [1.29, 1.82) is 0 Å². The Hall–Kier alpha value is -3.73. The van der Waals surface area contributed by atoms with E-state index in [2.05, 4.69) is 41.5 Å². The number of carbonyl (C=O) groups excluding carboxylic acids is 2. The standard InChI is InChI=1S/C29H24N2O3/c32-28-26-22-12-13-23(25-14-24(22)25)27(26)29(33)31(28)30-15-17-8-10-20(11-9-17)34-16-19-6-3-5-18-4-1-2-7-21(18)19/h1-13,15,22-27H,14,16H2/b30-15-/t22-,23-,24-,25-,26+,27+/m1/s1. The van der Waals surface area contributed by atoms with Gasteiger partial charge < -0.3 is 4.74 Å². The Balaban J connectivity index is 1.04. The molecule has 2 amide bonds. The average Bonchev–Trinajstić information content (AvgIpc) is 3.66. The third-order valence-corrected chi connectivity index (χ3v) is 8.12. The zero-order chi connectivity index (χ0) is 22.8. The number of rotatable bonds is 5. The molecular formula is C29H24N2O3. The van der Waals surface area contributed by atoms with Gasteiger partial charge >= 0.3 is 0 Å². The number of carbonyl (C=O) groups is 2. The Morgan fingerprint density at radius 3 is 2.26 bits per heavy atom. The van der Waals surface area contributed by atoms with Crippen molar-refractivity contribution in [2.75, 3.05) is 0 Å². The molecule has 1 heterocycles. The first-order valence-electron chi connectivity index (χ1n) is 12.0. The van der Waals surface area contributed by atoms with Crippen molar-refractivity contribution in [3.8, 4) is 5.75 Å². The molecule has 2 bridgehead atoms. The maximum atomic E-state index is 13.0.